The van der Waals surface area contributed by atoms with E-state index in [1.165, 1.54) is 18.4 Å². The number of aryl methyl sites for hydroxylation is 1. The highest BCUT2D eigenvalue weighted by atomic mass is 15.1. The van der Waals surface area contributed by atoms with Gasteiger partial charge in [0.15, 0.2) is 0 Å². The lowest BCUT2D eigenvalue weighted by Gasteiger charge is -2.08. The summed E-state index contributed by atoms with van der Waals surface area (Å²) in [7, 11) is 0. The van der Waals surface area contributed by atoms with Crippen molar-refractivity contribution >= 4 is 11.0 Å². The molecule has 0 aliphatic carbocycles. The summed E-state index contributed by atoms with van der Waals surface area (Å²) >= 11 is 0. The molecule has 106 valence electrons. The number of unbranched alkanes of at least 4 members (excludes halogenated alkanes) is 2. The minimum atomic E-state index is 0.387. The molecule has 3 nitrogen and oxygen atoms in total. The number of aromatic nitrogens is 2. The number of imidazole rings is 1. The summed E-state index contributed by atoms with van der Waals surface area (Å²) in [4.78, 5) is 4.66. The Bertz CT molecular complexity index is 617. The molecule has 0 saturated carbocycles. The van der Waals surface area contributed by atoms with E-state index in [2.05, 4.69) is 54.6 Å². The van der Waals surface area contributed by atoms with E-state index in [0.29, 0.717) is 12.3 Å². The van der Waals surface area contributed by atoms with Crippen molar-refractivity contribution < 1.29 is 0 Å². The normalized spacial score (nSPS) is 11.2. The van der Waals surface area contributed by atoms with Crippen molar-refractivity contribution in [1.29, 1.82) is 5.26 Å². The minimum Gasteiger partial charge on any atom is -0.327 e. The molecule has 0 fully saturated rings. The van der Waals surface area contributed by atoms with Gasteiger partial charge in [0, 0.05) is 6.54 Å². The van der Waals surface area contributed by atoms with E-state index in [1.54, 1.807) is 0 Å². The second-order valence-corrected chi connectivity index (χ2v) is 5.62. The van der Waals surface area contributed by atoms with Crippen LogP contribution < -0.4 is 0 Å². The van der Waals surface area contributed by atoms with Crippen molar-refractivity contribution in [1.82, 2.24) is 9.55 Å². The molecule has 0 aliphatic heterocycles. The van der Waals surface area contributed by atoms with E-state index in [1.807, 2.05) is 0 Å². The molecule has 20 heavy (non-hydrogen) atoms. The van der Waals surface area contributed by atoms with Gasteiger partial charge < -0.3 is 4.57 Å². The zero-order valence-corrected chi connectivity index (χ0v) is 12.7. The fourth-order valence-corrected chi connectivity index (χ4v) is 2.53. The molecule has 0 unspecified atom stereocenters. The van der Waals surface area contributed by atoms with Crippen LogP contribution in [0.5, 0.6) is 0 Å². The smallest absolute Gasteiger partial charge is 0.124 e. The van der Waals surface area contributed by atoms with Gasteiger partial charge in [0.1, 0.15) is 5.82 Å². The summed E-state index contributed by atoms with van der Waals surface area (Å²) in [6.07, 6.45) is 3.96. The lowest BCUT2D eigenvalue weighted by molar-refractivity contribution is 0.598. The van der Waals surface area contributed by atoms with Gasteiger partial charge in [-0.05, 0) is 30.0 Å². The van der Waals surface area contributed by atoms with E-state index in [9.17, 15) is 0 Å². The van der Waals surface area contributed by atoms with Crippen LogP contribution in [0.25, 0.3) is 11.0 Å². The minimum absolute atomic E-state index is 0.387. The third kappa shape index (κ3) is 3.01. The average molecular weight is 269 g/mol. The molecule has 3 heteroatoms. The maximum atomic E-state index is 8.98. The lowest BCUT2D eigenvalue weighted by Crippen LogP contribution is -2.03. The van der Waals surface area contributed by atoms with Gasteiger partial charge in [0.2, 0.25) is 0 Å². The highest BCUT2D eigenvalue weighted by Crippen LogP contribution is 2.23. The Morgan fingerprint density at radius 1 is 1.30 bits per heavy atom. The third-order valence-corrected chi connectivity index (χ3v) is 3.74. The number of hydrogen-bond acceptors (Lipinski definition) is 2. The number of benzene rings is 1. The monoisotopic (exact) mass is 269 g/mol. The Labute approximate surface area is 121 Å². The molecule has 0 spiro atoms. The quantitative estimate of drug-likeness (QED) is 0.729. The predicted octanol–water partition coefficient (Wildman–Crippen LogP) is 4.42. The first-order valence-corrected chi connectivity index (χ1v) is 7.53. The van der Waals surface area contributed by atoms with Crippen LogP contribution in [-0.2, 0) is 13.0 Å². The Hall–Kier alpha value is -1.82. The summed E-state index contributed by atoms with van der Waals surface area (Å²) in [6, 6.07) is 8.73. The first-order valence-electron chi connectivity index (χ1n) is 7.53. The standard InChI is InChI=1S/C17H23N3/c1-4-5-6-11-20-16-8-7-14(13(2)3)12-15(16)19-17(20)9-10-18/h7-8,12-13H,4-6,9,11H2,1-3H3. The van der Waals surface area contributed by atoms with Crippen LogP contribution in [0.1, 0.15) is 57.3 Å². The Balaban J connectivity index is 2.41. The Morgan fingerprint density at radius 2 is 2.10 bits per heavy atom. The van der Waals surface area contributed by atoms with Gasteiger partial charge in [-0.3, -0.25) is 0 Å². The van der Waals surface area contributed by atoms with Gasteiger partial charge in [-0.25, -0.2) is 4.98 Å². The second-order valence-electron chi connectivity index (χ2n) is 5.62. The third-order valence-electron chi connectivity index (χ3n) is 3.74. The van der Waals surface area contributed by atoms with Gasteiger partial charge in [-0.15, -0.1) is 0 Å². The lowest BCUT2D eigenvalue weighted by atomic mass is 10.0. The fraction of sp³-hybridized carbons (Fsp3) is 0.529. The van der Waals surface area contributed by atoms with Gasteiger partial charge in [-0.2, -0.15) is 5.26 Å². The number of hydrogen-bond donors (Lipinski definition) is 0. The van der Waals surface area contributed by atoms with Gasteiger partial charge in [-0.1, -0.05) is 39.7 Å². The van der Waals surface area contributed by atoms with Crippen LogP contribution in [0.2, 0.25) is 0 Å². The maximum Gasteiger partial charge on any atom is 0.124 e. The first-order chi connectivity index (χ1) is 9.67. The van der Waals surface area contributed by atoms with E-state index < -0.39 is 0 Å². The summed E-state index contributed by atoms with van der Waals surface area (Å²) in [6.45, 7) is 7.55. The van der Waals surface area contributed by atoms with E-state index in [0.717, 1.165) is 29.8 Å². The number of nitrogens with zero attached hydrogens (tertiary/aromatic N) is 3. The van der Waals surface area contributed by atoms with E-state index >= 15 is 0 Å². The summed E-state index contributed by atoms with van der Waals surface area (Å²) < 4.78 is 2.22. The van der Waals surface area contributed by atoms with Crippen molar-refractivity contribution in [3.05, 3.63) is 29.6 Å². The van der Waals surface area contributed by atoms with Gasteiger partial charge >= 0.3 is 0 Å². The Morgan fingerprint density at radius 3 is 2.75 bits per heavy atom. The second kappa shape index (κ2) is 6.56. The molecule has 0 atom stereocenters. The zero-order chi connectivity index (χ0) is 14.5. The van der Waals surface area contributed by atoms with Crippen molar-refractivity contribution in [3.8, 4) is 6.07 Å². The molecule has 1 aromatic carbocycles. The highest BCUT2D eigenvalue weighted by Gasteiger charge is 2.11. The highest BCUT2D eigenvalue weighted by molar-refractivity contribution is 5.77. The molecule has 2 rings (SSSR count). The van der Waals surface area contributed by atoms with Crippen LogP contribution in [-0.4, -0.2) is 9.55 Å². The van der Waals surface area contributed by atoms with Crippen molar-refractivity contribution in [2.24, 2.45) is 0 Å². The van der Waals surface area contributed by atoms with Crippen LogP contribution in [0, 0.1) is 11.3 Å². The van der Waals surface area contributed by atoms with Crippen molar-refractivity contribution in [3.63, 3.8) is 0 Å². The summed E-state index contributed by atoms with van der Waals surface area (Å²) in [5.74, 6) is 1.41. The topological polar surface area (TPSA) is 41.6 Å². The van der Waals surface area contributed by atoms with Gasteiger partial charge in [0.25, 0.3) is 0 Å². The molecule has 0 radical (unpaired) electrons. The number of fused-ring (bicyclic) bond motifs is 1. The largest absolute Gasteiger partial charge is 0.327 e. The SMILES string of the molecule is CCCCCn1c(CC#N)nc2cc(C(C)C)ccc21. The summed E-state index contributed by atoms with van der Waals surface area (Å²) in [5.41, 5.74) is 3.49. The molecule has 2 aromatic rings. The van der Waals surface area contributed by atoms with Crippen LogP contribution in [0.15, 0.2) is 18.2 Å². The van der Waals surface area contributed by atoms with Crippen LogP contribution in [0.4, 0.5) is 0 Å². The van der Waals surface area contributed by atoms with Crippen molar-refractivity contribution in [2.45, 2.75) is 58.9 Å². The zero-order valence-electron chi connectivity index (χ0n) is 12.7. The first kappa shape index (κ1) is 14.6. The van der Waals surface area contributed by atoms with Crippen molar-refractivity contribution in [2.75, 3.05) is 0 Å². The molecule has 1 heterocycles. The molecular weight excluding hydrogens is 246 g/mol. The molecule has 0 saturated heterocycles. The predicted molar refractivity (Wildman–Crippen MR) is 82.7 cm³/mol. The molecule has 0 N–H and O–H groups in total. The molecular formula is C17H23N3. The van der Waals surface area contributed by atoms with Crippen LogP contribution in [0.3, 0.4) is 0 Å². The maximum absolute atomic E-state index is 8.98. The average Bonchev–Trinajstić information content (AvgIpc) is 2.76. The fourth-order valence-electron chi connectivity index (χ4n) is 2.53. The molecule has 0 amide bonds. The number of nitriles is 1. The summed E-state index contributed by atoms with van der Waals surface area (Å²) in [5, 5.41) is 8.98. The Kier molecular flexibility index (Phi) is 4.79. The molecule has 0 aliphatic rings. The molecule has 1 aromatic heterocycles. The molecule has 0 bridgehead atoms. The number of rotatable bonds is 6. The van der Waals surface area contributed by atoms with E-state index in [-0.39, 0.29) is 0 Å². The van der Waals surface area contributed by atoms with E-state index in [4.69, 9.17) is 5.26 Å². The van der Waals surface area contributed by atoms with Gasteiger partial charge in [0.05, 0.1) is 23.5 Å². The van der Waals surface area contributed by atoms with Crippen LogP contribution >= 0.6 is 0 Å².